The number of nitrogens with two attached hydrogens (primary N) is 1. The normalized spacial score (nSPS) is 30.9. The van der Waals surface area contributed by atoms with Crippen LogP contribution in [0.25, 0.3) is 16.5 Å². The molecule has 5 aliphatic rings. The Morgan fingerprint density at radius 2 is 1.86 bits per heavy atom. The van der Waals surface area contributed by atoms with Gasteiger partial charge in [-0.05, 0) is 49.9 Å². The van der Waals surface area contributed by atoms with Crippen LogP contribution in [0.5, 0.6) is 11.5 Å². The third kappa shape index (κ3) is 4.01. The number of methoxy groups -OCH3 is 1. The summed E-state index contributed by atoms with van der Waals surface area (Å²) in [5.74, 6) is -4.54. The van der Waals surface area contributed by atoms with Crippen LogP contribution in [0.1, 0.15) is 29.5 Å². The number of aromatic hydroxyl groups is 1. The summed E-state index contributed by atoms with van der Waals surface area (Å²) < 4.78 is 11.3. The first kappa shape index (κ1) is 29.1. The lowest BCUT2D eigenvalue weighted by Gasteiger charge is -2.54. The molecule has 2 saturated heterocycles. The molecule has 7 rings (SSSR count). The van der Waals surface area contributed by atoms with Gasteiger partial charge in [0, 0.05) is 47.5 Å². The van der Waals surface area contributed by atoms with E-state index in [4.69, 9.17) is 15.2 Å². The van der Waals surface area contributed by atoms with E-state index in [1.54, 1.807) is 0 Å². The topological polar surface area (TPSA) is 186 Å². The maximum Gasteiger partial charge on any atom is 0.250 e. The van der Waals surface area contributed by atoms with Gasteiger partial charge in [0.25, 0.3) is 5.91 Å². The second-order valence-corrected chi connectivity index (χ2v) is 12.6. The van der Waals surface area contributed by atoms with Crippen molar-refractivity contribution in [3.63, 3.8) is 0 Å². The Morgan fingerprint density at radius 3 is 2.50 bits per heavy atom. The molecule has 5 atom stereocenters. The average molecular weight is 608 g/mol. The van der Waals surface area contributed by atoms with E-state index in [-0.39, 0.29) is 29.7 Å². The molecule has 12 heteroatoms. The van der Waals surface area contributed by atoms with Crippen molar-refractivity contribution < 1.29 is 44.6 Å². The zero-order valence-electron chi connectivity index (χ0n) is 24.5. The summed E-state index contributed by atoms with van der Waals surface area (Å²) in [6.07, 6.45) is -0.718. The van der Waals surface area contributed by atoms with Crippen molar-refractivity contribution in [2.75, 3.05) is 46.5 Å². The molecule has 3 aliphatic carbocycles. The molecule has 7 N–H and O–H groups in total. The monoisotopic (exact) mass is 607 g/mol. The minimum Gasteiger partial charge on any atom is -0.510 e. The number of ketones is 1. The third-order valence-corrected chi connectivity index (χ3v) is 10.4. The molecule has 2 heterocycles. The van der Waals surface area contributed by atoms with Gasteiger partial charge in [-0.15, -0.1) is 0 Å². The van der Waals surface area contributed by atoms with Crippen molar-refractivity contribution in [2.45, 2.75) is 43.6 Å². The van der Waals surface area contributed by atoms with Crippen LogP contribution in [0.3, 0.4) is 0 Å². The van der Waals surface area contributed by atoms with E-state index in [2.05, 4.69) is 4.90 Å². The maximum atomic E-state index is 14.3. The molecule has 234 valence electrons. The predicted octanol–water partition coefficient (Wildman–Crippen LogP) is 0.894. The van der Waals surface area contributed by atoms with Gasteiger partial charge in [0.1, 0.15) is 29.1 Å². The lowest BCUT2D eigenvalue weighted by Crippen LogP contribution is -2.69. The number of Topliss-reactive ketones (excluding diaryl/α,β-unsaturated/α-hetero) is 1. The third-order valence-electron chi connectivity index (χ3n) is 10.4. The molecule has 0 aromatic heterocycles. The first-order chi connectivity index (χ1) is 21.1. The number of primary amides is 1. The van der Waals surface area contributed by atoms with E-state index >= 15 is 0 Å². The van der Waals surface area contributed by atoms with Crippen molar-refractivity contribution in [1.82, 2.24) is 9.80 Å². The van der Waals surface area contributed by atoms with Gasteiger partial charge in [-0.25, -0.2) is 0 Å². The molecule has 2 aromatic rings. The van der Waals surface area contributed by atoms with E-state index in [0.717, 1.165) is 25.1 Å². The molecule has 2 aliphatic heterocycles. The molecule has 2 aromatic carbocycles. The number of rotatable bonds is 5. The van der Waals surface area contributed by atoms with Crippen molar-refractivity contribution in [3.8, 4) is 11.5 Å². The summed E-state index contributed by atoms with van der Waals surface area (Å²) >= 11 is 0. The first-order valence-electron chi connectivity index (χ1n) is 15.1. The molecule has 1 amide bonds. The fourth-order valence-electron chi connectivity index (χ4n) is 8.11. The largest absolute Gasteiger partial charge is 0.510 e. The van der Waals surface area contributed by atoms with Crippen LogP contribution in [0.15, 0.2) is 35.1 Å². The quantitative estimate of drug-likeness (QED) is 0.284. The van der Waals surface area contributed by atoms with E-state index in [1.165, 1.54) is 7.11 Å². The molecule has 12 nitrogen and oxygen atoms in total. The number of benzene rings is 2. The van der Waals surface area contributed by atoms with E-state index in [9.17, 15) is 35.1 Å². The molecular formula is C32H37N3O9. The molecule has 1 saturated carbocycles. The van der Waals surface area contributed by atoms with Crippen LogP contribution in [0.2, 0.25) is 0 Å². The minimum atomic E-state index is -2.57. The Bertz CT molecular complexity index is 1640. The number of fused-ring (bicyclic) bond motifs is 4. The number of phenols is 1. The zero-order chi connectivity index (χ0) is 31.1. The number of aliphatic hydroxyl groups excluding tert-OH is 3. The second-order valence-electron chi connectivity index (χ2n) is 12.6. The SMILES string of the molecule is COc1c2c(c(O)c3cc(CN4CCC4)ccc13)C(O)=C1C(=O)[C@]3(O)C(O)C(C(N)=O)=C(O)[C@@H](N4CCOCC4)[C@@H]3C[C@@H]1C2. The number of hydrogen-bond donors (Lipinski definition) is 6. The van der Waals surface area contributed by atoms with Gasteiger partial charge in [-0.2, -0.15) is 0 Å². The number of ether oxygens (including phenoxy) is 2. The Hall–Kier alpha value is -3.68. The minimum absolute atomic E-state index is 0.0423. The van der Waals surface area contributed by atoms with Gasteiger partial charge in [-0.3, -0.25) is 19.4 Å². The molecular weight excluding hydrogens is 570 g/mol. The van der Waals surface area contributed by atoms with Crippen LogP contribution >= 0.6 is 0 Å². The number of morpholine rings is 1. The highest BCUT2D eigenvalue weighted by Gasteiger charge is 2.65. The number of hydrogen-bond acceptors (Lipinski definition) is 11. The van der Waals surface area contributed by atoms with Gasteiger partial charge < -0.3 is 40.7 Å². The highest BCUT2D eigenvalue weighted by Crippen LogP contribution is 2.55. The van der Waals surface area contributed by atoms with Crippen LogP contribution < -0.4 is 10.5 Å². The number of carbonyl (C=O) groups is 2. The lowest BCUT2D eigenvalue weighted by atomic mass is 9.56. The fraction of sp³-hybridized carbons (Fsp3) is 0.500. The summed E-state index contributed by atoms with van der Waals surface area (Å²) in [5, 5.41) is 59.2. The molecule has 0 radical (unpaired) electrons. The molecule has 0 bridgehead atoms. The summed E-state index contributed by atoms with van der Waals surface area (Å²) in [6, 6.07) is 4.74. The standard InChI is InChI=1S/C32H37N3O9/c1-43-28-17-4-3-15(14-34-5-2-6-34)11-18(17)25(36)22-19(28)12-16-13-20-24(35-7-9-44-10-8-35)27(38)23(31(33)41)30(40)32(20,42)29(39)21(16)26(22)37/h3-4,11,16,20,24,30,36-38,40,42H,2,5-10,12-14H2,1H3,(H2,33,41)/t16-,20-,24-,30?,32-/m0/s1. The van der Waals surface area contributed by atoms with Crippen molar-refractivity contribution in [3.05, 3.63) is 51.8 Å². The smallest absolute Gasteiger partial charge is 0.250 e. The Balaban J connectivity index is 1.38. The molecule has 0 spiro atoms. The summed E-state index contributed by atoms with van der Waals surface area (Å²) in [6.45, 7) is 4.09. The number of amides is 1. The fourth-order valence-corrected chi connectivity index (χ4v) is 8.11. The molecule has 44 heavy (non-hydrogen) atoms. The number of phenolic OH excluding ortho intramolecular Hbond substituents is 1. The van der Waals surface area contributed by atoms with Crippen LogP contribution in [0, 0.1) is 11.8 Å². The first-order valence-corrected chi connectivity index (χ1v) is 15.1. The highest BCUT2D eigenvalue weighted by molar-refractivity contribution is 6.12. The van der Waals surface area contributed by atoms with Crippen LogP contribution in [-0.4, -0.2) is 111 Å². The van der Waals surface area contributed by atoms with Crippen molar-refractivity contribution in [1.29, 1.82) is 0 Å². The average Bonchev–Trinajstić information content (AvgIpc) is 2.97. The van der Waals surface area contributed by atoms with Gasteiger partial charge in [0.15, 0.2) is 11.4 Å². The van der Waals surface area contributed by atoms with E-state index in [0.29, 0.717) is 54.9 Å². The van der Waals surface area contributed by atoms with Gasteiger partial charge in [0.2, 0.25) is 0 Å². The number of likely N-dealkylation sites (tertiary alicyclic amines) is 1. The number of aliphatic hydroxyl groups is 4. The lowest BCUT2D eigenvalue weighted by molar-refractivity contribution is -0.173. The highest BCUT2D eigenvalue weighted by atomic mass is 16.5. The number of nitrogens with zero attached hydrogens (tertiary/aromatic N) is 2. The predicted molar refractivity (Wildman–Crippen MR) is 158 cm³/mol. The molecule has 1 unspecified atom stereocenters. The zero-order valence-corrected chi connectivity index (χ0v) is 24.5. The summed E-state index contributed by atoms with van der Waals surface area (Å²) in [4.78, 5) is 30.9. The Morgan fingerprint density at radius 1 is 1.14 bits per heavy atom. The molecule has 3 fully saturated rings. The second kappa shape index (κ2) is 10.5. The van der Waals surface area contributed by atoms with Crippen molar-refractivity contribution >= 4 is 28.2 Å². The van der Waals surface area contributed by atoms with Gasteiger partial charge in [-0.1, -0.05) is 12.1 Å². The van der Waals surface area contributed by atoms with Gasteiger partial charge >= 0.3 is 0 Å². The summed E-state index contributed by atoms with van der Waals surface area (Å²) in [5.41, 5.74) is 3.75. The number of carbonyl (C=O) groups excluding carboxylic acids is 2. The summed E-state index contributed by atoms with van der Waals surface area (Å²) in [7, 11) is 1.52. The maximum absolute atomic E-state index is 14.3. The Kier molecular flexibility index (Phi) is 6.90. The van der Waals surface area contributed by atoms with Crippen LogP contribution in [0.4, 0.5) is 0 Å². The van der Waals surface area contributed by atoms with Crippen molar-refractivity contribution in [2.24, 2.45) is 17.6 Å². The van der Waals surface area contributed by atoms with E-state index < -0.39 is 58.4 Å². The Labute approximate surface area is 253 Å². The van der Waals surface area contributed by atoms with E-state index in [1.807, 2.05) is 23.1 Å². The van der Waals surface area contributed by atoms with Gasteiger partial charge in [0.05, 0.1) is 37.5 Å². The van der Waals surface area contributed by atoms with Crippen LogP contribution in [-0.2, 0) is 27.3 Å².